The van der Waals surface area contributed by atoms with Gasteiger partial charge in [0.05, 0.1) is 0 Å². The van der Waals surface area contributed by atoms with Crippen molar-refractivity contribution < 1.29 is 9.90 Å². The number of rotatable bonds is 6. The molecule has 1 aliphatic rings. The fraction of sp³-hybridized carbons (Fsp3) is 0.588. The molecule has 0 bridgehead atoms. The van der Waals surface area contributed by atoms with Crippen LogP contribution in [0.1, 0.15) is 38.7 Å². The lowest BCUT2D eigenvalue weighted by Crippen LogP contribution is -2.39. The molecule has 0 aliphatic carbocycles. The SMILES string of the molecule is CCC(=O)N1CC[C@H](N[C@@H](C)CCc2ccc(O)cc2)C1. The van der Waals surface area contributed by atoms with Crippen LogP contribution in [-0.2, 0) is 11.2 Å². The maximum atomic E-state index is 11.7. The van der Waals surface area contributed by atoms with E-state index in [1.54, 1.807) is 12.1 Å². The fourth-order valence-electron chi connectivity index (χ4n) is 2.88. The number of hydrogen-bond donors (Lipinski definition) is 2. The highest BCUT2D eigenvalue weighted by atomic mass is 16.3. The number of likely N-dealkylation sites (tertiary alicyclic amines) is 1. The first kappa shape index (κ1) is 15.8. The van der Waals surface area contributed by atoms with Crippen molar-refractivity contribution in [3.05, 3.63) is 29.8 Å². The van der Waals surface area contributed by atoms with Gasteiger partial charge in [-0.15, -0.1) is 0 Å². The number of carbonyl (C=O) groups excluding carboxylic acids is 1. The Kier molecular flexibility index (Phi) is 5.62. The number of phenols is 1. The number of nitrogens with one attached hydrogen (secondary N) is 1. The molecule has 1 saturated heterocycles. The third-order valence-electron chi connectivity index (χ3n) is 4.17. The predicted octanol–water partition coefficient (Wildman–Crippen LogP) is 2.31. The Morgan fingerprint density at radius 1 is 1.43 bits per heavy atom. The number of benzene rings is 1. The normalized spacial score (nSPS) is 19.7. The molecule has 0 aromatic heterocycles. The molecule has 1 aromatic rings. The second-order valence-corrected chi connectivity index (χ2v) is 5.95. The summed E-state index contributed by atoms with van der Waals surface area (Å²) in [5, 5.41) is 12.9. The number of carbonyl (C=O) groups is 1. The van der Waals surface area contributed by atoms with Gasteiger partial charge in [0.15, 0.2) is 0 Å². The molecule has 2 atom stereocenters. The molecule has 0 unspecified atom stereocenters. The lowest BCUT2D eigenvalue weighted by molar-refractivity contribution is -0.129. The quantitative estimate of drug-likeness (QED) is 0.845. The topological polar surface area (TPSA) is 52.6 Å². The van der Waals surface area contributed by atoms with Crippen LogP contribution >= 0.6 is 0 Å². The summed E-state index contributed by atoms with van der Waals surface area (Å²) in [6.07, 6.45) is 3.71. The third kappa shape index (κ3) is 4.74. The number of phenolic OH excluding ortho intramolecular Hbond substituents is 1. The van der Waals surface area contributed by atoms with Crippen molar-refractivity contribution >= 4 is 5.91 Å². The van der Waals surface area contributed by atoms with Crippen LogP contribution in [0.2, 0.25) is 0 Å². The Hall–Kier alpha value is -1.55. The number of amides is 1. The predicted molar refractivity (Wildman–Crippen MR) is 84.3 cm³/mol. The maximum Gasteiger partial charge on any atom is 0.222 e. The zero-order valence-corrected chi connectivity index (χ0v) is 13.0. The van der Waals surface area contributed by atoms with Gasteiger partial charge in [-0.25, -0.2) is 0 Å². The molecule has 21 heavy (non-hydrogen) atoms. The van der Waals surface area contributed by atoms with Gasteiger partial charge in [0.2, 0.25) is 5.91 Å². The minimum Gasteiger partial charge on any atom is -0.508 e. The van der Waals surface area contributed by atoms with Gasteiger partial charge in [-0.05, 0) is 43.9 Å². The largest absolute Gasteiger partial charge is 0.508 e. The number of nitrogens with zero attached hydrogens (tertiary/aromatic N) is 1. The molecule has 1 aromatic carbocycles. The van der Waals surface area contributed by atoms with Crippen molar-refractivity contribution in [1.29, 1.82) is 0 Å². The molecular formula is C17H26N2O2. The summed E-state index contributed by atoms with van der Waals surface area (Å²) in [6, 6.07) is 8.27. The van der Waals surface area contributed by atoms with E-state index in [4.69, 9.17) is 0 Å². The van der Waals surface area contributed by atoms with Crippen molar-refractivity contribution in [2.45, 2.75) is 51.6 Å². The van der Waals surface area contributed by atoms with Crippen molar-refractivity contribution in [3.8, 4) is 5.75 Å². The van der Waals surface area contributed by atoms with Gasteiger partial charge in [0, 0.05) is 31.6 Å². The standard InChI is InChI=1S/C17H26N2O2/c1-3-17(21)19-11-10-15(12-19)18-13(2)4-5-14-6-8-16(20)9-7-14/h6-9,13,15,18,20H,3-5,10-12H2,1-2H3/t13-,15-/m0/s1. The van der Waals surface area contributed by atoms with Crippen LogP contribution in [0.3, 0.4) is 0 Å². The van der Waals surface area contributed by atoms with Gasteiger partial charge in [0.25, 0.3) is 0 Å². The van der Waals surface area contributed by atoms with E-state index in [0.717, 1.165) is 32.4 Å². The van der Waals surface area contributed by atoms with E-state index in [0.29, 0.717) is 24.3 Å². The van der Waals surface area contributed by atoms with Crippen LogP contribution in [0.15, 0.2) is 24.3 Å². The van der Waals surface area contributed by atoms with E-state index in [9.17, 15) is 9.90 Å². The maximum absolute atomic E-state index is 11.7. The number of hydrogen-bond acceptors (Lipinski definition) is 3. The second-order valence-electron chi connectivity index (χ2n) is 5.95. The van der Waals surface area contributed by atoms with E-state index in [-0.39, 0.29) is 5.91 Å². The van der Waals surface area contributed by atoms with Crippen molar-refractivity contribution in [1.82, 2.24) is 10.2 Å². The number of aromatic hydroxyl groups is 1. The molecule has 4 nitrogen and oxygen atoms in total. The van der Waals surface area contributed by atoms with Gasteiger partial charge < -0.3 is 15.3 Å². The van der Waals surface area contributed by atoms with Gasteiger partial charge >= 0.3 is 0 Å². The first-order valence-corrected chi connectivity index (χ1v) is 7.90. The molecule has 1 aliphatic heterocycles. The fourth-order valence-corrected chi connectivity index (χ4v) is 2.88. The van der Waals surface area contributed by atoms with E-state index in [2.05, 4.69) is 12.2 Å². The van der Waals surface area contributed by atoms with Crippen LogP contribution in [0, 0.1) is 0 Å². The van der Waals surface area contributed by atoms with E-state index >= 15 is 0 Å². The third-order valence-corrected chi connectivity index (χ3v) is 4.17. The summed E-state index contributed by atoms with van der Waals surface area (Å²) >= 11 is 0. The molecule has 0 radical (unpaired) electrons. The summed E-state index contributed by atoms with van der Waals surface area (Å²) in [6.45, 7) is 5.85. The number of aryl methyl sites for hydroxylation is 1. The van der Waals surface area contributed by atoms with Crippen molar-refractivity contribution in [2.24, 2.45) is 0 Å². The monoisotopic (exact) mass is 290 g/mol. The molecule has 116 valence electrons. The Bertz CT molecular complexity index is 458. The molecule has 2 N–H and O–H groups in total. The van der Waals surface area contributed by atoms with Crippen LogP contribution < -0.4 is 5.32 Å². The molecule has 0 saturated carbocycles. The van der Waals surface area contributed by atoms with Crippen LogP contribution in [-0.4, -0.2) is 41.1 Å². The van der Waals surface area contributed by atoms with Gasteiger partial charge in [0.1, 0.15) is 5.75 Å². The lowest BCUT2D eigenvalue weighted by Gasteiger charge is -2.20. The summed E-state index contributed by atoms with van der Waals surface area (Å²) in [7, 11) is 0. The first-order valence-electron chi connectivity index (χ1n) is 7.90. The highest BCUT2D eigenvalue weighted by molar-refractivity contribution is 5.76. The second kappa shape index (κ2) is 7.46. The van der Waals surface area contributed by atoms with Crippen molar-refractivity contribution in [2.75, 3.05) is 13.1 Å². The average Bonchev–Trinajstić information content (AvgIpc) is 2.94. The highest BCUT2D eigenvalue weighted by Crippen LogP contribution is 2.14. The lowest BCUT2D eigenvalue weighted by atomic mass is 10.1. The summed E-state index contributed by atoms with van der Waals surface area (Å²) in [4.78, 5) is 13.6. The average molecular weight is 290 g/mol. The van der Waals surface area contributed by atoms with Gasteiger partial charge in [-0.2, -0.15) is 0 Å². The zero-order valence-electron chi connectivity index (χ0n) is 13.0. The molecule has 0 spiro atoms. The molecule has 4 heteroatoms. The molecule has 1 amide bonds. The van der Waals surface area contributed by atoms with Crippen LogP contribution in [0.5, 0.6) is 5.75 Å². The van der Waals surface area contributed by atoms with E-state index in [1.165, 1.54) is 5.56 Å². The molecule has 2 rings (SSSR count). The van der Waals surface area contributed by atoms with E-state index < -0.39 is 0 Å². The summed E-state index contributed by atoms with van der Waals surface area (Å²) < 4.78 is 0. The Labute approximate surface area is 127 Å². The van der Waals surface area contributed by atoms with E-state index in [1.807, 2.05) is 24.0 Å². The molecular weight excluding hydrogens is 264 g/mol. The summed E-state index contributed by atoms with van der Waals surface area (Å²) in [5.41, 5.74) is 1.25. The Balaban J connectivity index is 1.71. The van der Waals surface area contributed by atoms with Crippen molar-refractivity contribution in [3.63, 3.8) is 0 Å². The smallest absolute Gasteiger partial charge is 0.222 e. The Morgan fingerprint density at radius 3 is 2.81 bits per heavy atom. The minimum absolute atomic E-state index is 0.260. The minimum atomic E-state index is 0.260. The zero-order chi connectivity index (χ0) is 15.2. The van der Waals surface area contributed by atoms with Crippen LogP contribution in [0.25, 0.3) is 0 Å². The molecule has 1 fully saturated rings. The Morgan fingerprint density at radius 2 is 2.14 bits per heavy atom. The summed E-state index contributed by atoms with van der Waals surface area (Å²) in [5.74, 6) is 0.576. The first-order chi connectivity index (χ1) is 10.1. The highest BCUT2D eigenvalue weighted by Gasteiger charge is 2.25. The van der Waals surface area contributed by atoms with Gasteiger partial charge in [-0.3, -0.25) is 4.79 Å². The van der Waals surface area contributed by atoms with Crippen LogP contribution in [0.4, 0.5) is 0 Å². The van der Waals surface area contributed by atoms with Gasteiger partial charge in [-0.1, -0.05) is 19.1 Å². The molecule has 1 heterocycles.